The Morgan fingerprint density at radius 2 is 2.00 bits per heavy atom. The Kier molecular flexibility index (Phi) is 7.07. The molecule has 4 rings (SSSR count). The van der Waals surface area contributed by atoms with Crippen molar-refractivity contribution >= 4 is 32.5 Å². The molecule has 0 fully saturated rings. The van der Waals surface area contributed by atoms with Gasteiger partial charge in [0.25, 0.3) is 0 Å². The quantitative estimate of drug-likeness (QED) is 0.354. The summed E-state index contributed by atoms with van der Waals surface area (Å²) in [5.74, 6) is 0.804. The molecule has 1 aliphatic rings. The van der Waals surface area contributed by atoms with Crippen LogP contribution in [0.3, 0.4) is 0 Å². The first-order chi connectivity index (χ1) is 15.4. The smallest absolute Gasteiger partial charge is 0.241 e. The molecule has 0 bridgehead atoms. The Hall–Kier alpha value is -2.10. The number of halogens is 1. The molecule has 3 aromatic rings. The highest BCUT2D eigenvalue weighted by Gasteiger charge is 2.19. The maximum Gasteiger partial charge on any atom is 0.241 e. The lowest BCUT2D eigenvalue weighted by molar-refractivity contribution is 0.171. The van der Waals surface area contributed by atoms with Gasteiger partial charge in [-0.2, -0.15) is 0 Å². The van der Waals surface area contributed by atoms with E-state index in [9.17, 15) is 13.5 Å². The maximum atomic E-state index is 12.1. The topological polar surface area (TPSA) is 103 Å². The number of benzene rings is 2. The fraction of sp³-hybridized carbons (Fsp3) is 0.391. The van der Waals surface area contributed by atoms with Gasteiger partial charge in [-0.15, -0.1) is 0 Å². The Balaban J connectivity index is 1.29. The van der Waals surface area contributed by atoms with Crippen LogP contribution in [0.4, 0.5) is 0 Å². The van der Waals surface area contributed by atoms with Gasteiger partial charge < -0.3 is 20.1 Å². The van der Waals surface area contributed by atoms with Crippen LogP contribution in [0.2, 0.25) is 5.02 Å². The molecule has 0 saturated carbocycles. The van der Waals surface area contributed by atoms with Crippen molar-refractivity contribution in [3.8, 4) is 5.75 Å². The van der Waals surface area contributed by atoms with Gasteiger partial charge in [0.1, 0.15) is 17.3 Å². The fourth-order valence-corrected chi connectivity index (χ4v) is 5.38. The Morgan fingerprint density at radius 1 is 1.19 bits per heavy atom. The lowest BCUT2D eigenvalue weighted by Gasteiger charge is -2.15. The van der Waals surface area contributed by atoms with Gasteiger partial charge in [-0.3, -0.25) is 0 Å². The van der Waals surface area contributed by atoms with Crippen molar-refractivity contribution in [2.45, 2.75) is 36.7 Å². The van der Waals surface area contributed by atoms with Gasteiger partial charge in [-0.25, -0.2) is 13.1 Å². The van der Waals surface area contributed by atoms with E-state index in [4.69, 9.17) is 16.3 Å². The predicted molar refractivity (Wildman–Crippen MR) is 126 cm³/mol. The van der Waals surface area contributed by atoms with Gasteiger partial charge in [0.15, 0.2) is 0 Å². The van der Waals surface area contributed by atoms with Gasteiger partial charge >= 0.3 is 0 Å². The molecule has 1 unspecified atom stereocenters. The van der Waals surface area contributed by atoms with Crippen LogP contribution in [0, 0.1) is 0 Å². The van der Waals surface area contributed by atoms with Crippen molar-refractivity contribution in [3.05, 3.63) is 58.2 Å². The molecule has 0 spiro atoms. The van der Waals surface area contributed by atoms with Crippen LogP contribution < -0.4 is 14.8 Å². The summed E-state index contributed by atoms with van der Waals surface area (Å²) in [6, 6.07) is 10.6. The second kappa shape index (κ2) is 9.80. The first-order valence-electron chi connectivity index (χ1n) is 10.8. The average Bonchev–Trinajstić information content (AvgIpc) is 3.16. The molecular formula is C23H28ClN3O4S. The van der Waals surface area contributed by atoms with E-state index in [2.05, 4.69) is 21.1 Å². The van der Waals surface area contributed by atoms with Crippen LogP contribution in [-0.2, 0) is 22.9 Å². The second-order valence-electron chi connectivity index (χ2n) is 7.96. The first-order valence-corrected chi connectivity index (χ1v) is 12.6. The molecule has 1 aliphatic carbocycles. The molecule has 0 radical (unpaired) electrons. The van der Waals surface area contributed by atoms with E-state index in [1.165, 1.54) is 48.7 Å². The Bertz CT molecular complexity index is 1210. The van der Waals surface area contributed by atoms with Gasteiger partial charge in [0.2, 0.25) is 10.0 Å². The summed E-state index contributed by atoms with van der Waals surface area (Å²) >= 11 is 6.00. The van der Waals surface area contributed by atoms with E-state index in [0.29, 0.717) is 18.7 Å². The van der Waals surface area contributed by atoms with Crippen molar-refractivity contribution < 1.29 is 18.3 Å². The predicted octanol–water partition coefficient (Wildman–Crippen LogP) is 3.31. The van der Waals surface area contributed by atoms with E-state index >= 15 is 0 Å². The minimum absolute atomic E-state index is 0.0528. The lowest BCUT2D eigenvalue weighted by atomic mass is 9.96. The zero-order valence-corrected chi connectivity index (χ0v) is 19.5. The summed E-state index contributed by atoms with van der Waals surface area (Å²) in [6.45, 7) is 1.23. The molecule has 4 N–H and O–H groups in total. The number of H-pyrrole nitrogens is 1. The number of ether oxygens (including phenoxy) is 1. The summed E-state index contributed by atoms with van der Waals surface area (Å²) < 4.78 is 32.2. The molecule has 7 nitrogen and oxygen atoms in total. The molecule has 172 valence electrons. The molecule has 0 aliphatic heterocycles. The molecule has 1 aromatic heterocycles. The van der Waals surface area contributed by atoms with Crippen LogP contribution in [0.1, 0.15) is 35.8 Å². The number of hydrogen-bond donors (Lipinski definition) is 4. The fourth-order valence-electron chi connectivity index (χ4n) is 4.12. The van der Waals surface area contributed by atoms with Crippen LogP contribution in [0.5, 0.6) is 5.75 Å². The molecule has 32 heavy (non-hydrogen) atoms. The summed E-state index contributed by atoms with van der Waals surface area (Å²) in [5, 5.41) is 15.0. The summed E-state index contributed by atoms with van der Waals surface area (Å²) in [6.07, 6.45) is 3.86. The monoisotopic (exact) mass is 477 g/mol. The number of aliphatic hydroxyl groups excluding tert-OH is 1. The van der Waals surface area contributed by atoms with Gasteiger partial charge in [-0.1, -0.05) is 17.7 Å². The van der Waals surface area contributed by atoms with E-state index < -0.39 is 16.1 Å². The highest BCUT2D eigenvalue weighted by molar-refractivity contribution is 7.89. The van der Waals surface area contributed by atoms with Crippen molar-refractivity contribution in [1.82, 2.24) is 15.0 Å². The summed E-state index contributed by atoms with van der Waals surface area (Å²) in [5.41, 5.74) is 4.39. The van der Waals surface area contributed by atoms with E-state index in [1.54, 1.807) is 6.07 Å². The maximum absolute atomic E-state index is 12.1. The lowest BCUT2D eigenvalue weighted by Crippen LogP contribution is -2.26. The normalized spacial score (nSPS) is 15.0. The molecule has 1 heterocycles. The Morgan fingerprint density at radius 3 is 2.81 bits per heavy atom. The SMILES string of the molecule is CNS(=O)(=O)c1cc(C(O)CNCCOc2ccc3c4c([nH]c3c2)CCCC4)ccc1Cl. The summed E-state index contributed by atoms with van der Waals surface area (Å²) in [7, 11) is -2.38. The van der Waals surface area contributed by atoms with Crippen LogP contribution in [-0.4, -0.2) is 45.3 Å². The van der Waals surface area contributed by atoms with Crippen LogP contribution in [0.25, 0.3) is 10.9 Å². The summed E-state index contributed by atoms with van der Waals surface area (Å²) in [4.78, 5) is 3.48. The van der Waals surface area contributed by atoms with Crippen LogP contribution >= 0.6 is 11.6 Å². The first kappa shape index (κ1) is 23.1. The largest absolute Gasteiger partial charge is 0.492 e. The van der Waals surface area contributed by atoms with Crippen LogP contribution in [0.15, 0.2) is 41.3 Å². The standard InChI is InChI=1S/C23H28ClN3O4S/c1-25-32(29,30)23-12-15(6-9-19(23)24)22(28)14-26-10-11-31-16-7-8-18-17-4-2-3-5-20(17)27-21(18)13-16/h6-9,12-13,22,25-28H,2-5,10-11,14H2,1H3. The average molecular weight is 478 g/mol. The minimum Gasteiger partial charge on any atom is -0.492 e. The zero-order chi connectivity index (χ0) is 22.7. The van der Waals surface area contributed by atoms with Crippen molar-refractivity contribution in [2.24, 2.45) is 0 Å². The third kappa shape index (κ3) is 4.94. The van der Waals surface area contributed by atoms with Crippen molar-refractivity contribution in [2.75, 3.05) is 26.7 Å². The number of nitrogens with one attached hydrogen (secondary N) is 3. The molecule has 9 heteroatoms. The minimum atomic E-state index is -3.70. The molecule has 2 aromatic carbocycles. The van der Waals surface area contributed by atoms with Gasteiger partial charge in [0.05, 0.1) is 11.1 Å². The molecule has 0 saturated heterocycles. The number of rotatable bonds is 9. The molecule has 1 atom stereocenters. The van der Waals surface area contributed by atoms with Gasteiger partial charge in [0, 0.05) is 35.8 Å². The molecule has 0 amide bonds. The number of aliphatic hydroxyl groups is 1. The number of aromatic nitrogens is 1. The van der Waals surface area contributed by atoms with E-state index in [-0.39, 0.29) is 16.5 Å². The number of fused-ring (bicyclic) bond motifs is 3. The number of aromatic amines is 1. The highest BCUT2D eigenvalue weighted by Crippen LogP contribution is 2.31. The third-order valence-electron chi connectivity index (χ3n) is 5.85. The molecular weight excluding hydrogens is 450 g/mol. The van der Waals surface area contributed by atoms with Crippen molar-refractivity contribution in [1.29, 1.82) is 0 Å². The van der Waals surface area contributed by atoms with E-state index in [0.717, 1.165) is 24.1 Å². The number of sulfonamides is 1. The number of hydrogen-bond acceptors (Lipinski definition) is 5. The van der Waals surface area contributed by atoms with E-state index in [1.807, 2.05) is 12.1 Å². The number of aryl methyl sites for hydroxylation is 2. The highest BCUT2D eigenvalue weighted by atomic mass is 35.5. The van der Waals surface area contributed by atoms with Gasteiger partial charge in [-0.05, 0) is 68.1 Å². The van der Waals surface area contributed by atoms with Crippen molar-refractivity contribution in [3.63, 3.8) is 0 Å². The Labute approximate surface area is 193 Å². The zero-order valence-electron chi connectivity index (χ0n) is 17.9. The second-order valence-corrected chi connectivity index (χ2v) is 10.2. The third-order valence-corrected chi connectivity index (χ3v) is 7.75.